The van der Waals surface area contributed by atoms with Gasteiger partial charge in [0.15, 0.2) is 0 Å². The molecule has 1 aliphatic rings. The molecule has 16 heavy (non-hydrogen) atoms. The summed E-state index contributed by atoms with van der Waals surface area (Å²) in [4.78, 5) is 11.7. The van der Waals surface area contributed by atoms with Gasteiger partial charge in [-0.2, -0.15) is 0 Å². The third-order valence-electron chi connectivity index (χ3n) is 3.65. The number of carbonyl (C=O) groups is 1. The van der Waals surface area contributed by atoms with Crippen molar-refractivity contribution in [1.82, 2.24) is 0 Å². The van der Waals surface area contributed by atoms with Crippen LogP contribution in [-0.2, 0) is 11.2 Å². The van der Waals surface area contributed by atoms with Crippen LogP contribution in [0.1, 0.15) is 30.4 Å². The molecule has 2 aromatic rings. The van der Waals surface area contributed by atoms with Crippen molar-refractivity contribution in [2.75, 3.05) is 0 Å². The van der Waals surface area contributed by atoms with Gasteiger partial charge in [0, 0.05) is 12.3 Å². The smallest absolute Gasteiger partial charge is 0.140 e. The number of rotatable bonds is 0. The lowest BCUT2D eigenvalue weighted by molar-refractivity contribution is -0.120. The largest absolute Gasteiger partial charge is 0.299 e. The van der Waals surface area contributed by atoms with Crippen LogP contribution in [0.15, 0.2) is 36.4 Å². The van der Waals surface area contributed by atoms with E-state index in [4.69, 9.17) is 0 Å². The van der Waals surface area contributed by atoms with Gasteiger partial charge in [0.1, 0.15) is 5.78 Å². The summed E-state index contributed by atoms with van der Waals surface area (Å²) in [5.41, 5.74) is 2.61. The second kappa shape index (κ2) is 3.44. The fourth-order valence-corrected chi connectivity index (χ4v) is 2.68. The zero-order chi connectivity index (χ0) is 11.1. The predicted molar refractivity (Wildman–Crippen MR) is 65.7 cm³/mol. The lowest BCUT2D eigenvalue weighted by atomic mass is 9.81. The van der Waals surface area contributed by atoms with E-state index in [1.54, 1.807) is 0 Å². The summed E-state index contributed by atoms with van der Waals surface area (Å²) >= 11 is 0. The first-order valence-electron chi connectivity index (χ1n) is 5.80. The van der Waals surface area contributed by atoms with Gasteiger partial charge >= 0.3 is 0 Å². The highest BCUT2D eigenvalue weighted by Gasteiger charge is 2.24. The van der Waals surface area contributed by atoms with Crippen LogP contribution in [0.3, 0.4) is 0 Å². The van der Waals surface area contributed by atoms with Gasteiger partial charge in [-0.25, -0.2) is 0 Å². The van der Waals surface area contributed by atoms with Crippen LogP contribution in [-0.4, -0.2) is 5.78 Å². The molecule has 0 N–H and O–H groups in total. The number of hydrogen-bond acceptors (Lipinski definition) is 1. The number of carbonyl (C=O) groups excluding carboxylic acids is 1. The molecule has 0 heterocycles. The number of ketones is 1. The summed E-state index contributed by atoms with van der Waals surface area (Å²) in [6.07, 6.45) is 1.60. The Morgan fingerprint density at radius 1 is 1.06 bits per heavy atom. The standard InChI is InChI=1S/C15H14O/c1-10-12-7-6-11-4-2-3-5-13(11)14(12)8-9-15(10)16/h2-7,10H,8-9H2,1H3. The van der Waals surface area contributed by atoms with Crippen LogP contribution in [0.5, 0.6) is 0 Å². The molecule has 0 aliphatic heterocycles. The molecule has 0 spiro atoms. The second-order valence-corrected chi connectivity index (χ2v) is 4.54. The van der Waals surface area contributed by atoms with Crippen molar-refractivity contribution in [2.24, 2.45) is 0 Å². The Morgan fingerprint density at radius 3 is 2.75 bits per heavy atom. The molecule has 3 rings (SSSR count). The third kappa shape index (κ3) is 1.28. The van der Waals surface area contributed by atoms with Gasteiger partial charge in [0.05, 0.1) is 0 Å². The topological polar surface area (TPSA) is 17.1 Å². The quantitative estimate of drug-likeness (QED) is 0.650. The Bertz CT molecular complexity index is 569. The van der Waals surface area contributed by atoms with Crippen molar-refractivity contribution in [3.63, 3.8) is 0 Å². The Morgan fingerprint density at radius 2 is 1.88 bits per heavy atom. The van der Waals surface area contributed by atoms with Crippen LogP contribution in [0.25, 0.3) is 10.8 Å². The summed E-state index contributed by atoms with van der Waals surface area (Å²) in [5, 5.41) is 2.60. The normalized spacial score (nSPS) is 19.8. The van der Waals surface area contributed by atoms with Gasteiger partial charge in [0.2, 0.25) is 0 Å². The molecule has 80 valence electrons. The van der Waals surface area contributed by atoms with Crippen molar-refractivity contribution < 1.29 is 4.79 Å². The summed E-state index contributed by atoms with van der Waals surface area (Å²) in [6.45, 7) is 2.02. The molecule has 0 fully saturated rings. The van der Waals surface area contributed by atoms with Crippen molar-refractivity contribution >= 4 is 16.6 Å². The molecule has 0 amide bonds. The highest BCUT2D eigenvalue weighted by molar-refractivity contribution is 5.94. The van der Waals surface area contributed by atoms with E-state index in [1.807, 2.05) is 6.92 Å². The van der Waals surface area contributed by atoms with Gasteiger partial charge in [-0.05, 0) is 28.3 Å². The molecule has 1 aliphatic carbocycles. The summed E-state index contributed by atoms with van der Waals surface area (Å²) in [6, 6.07) is 12.7. The zero-order valence-electron chi connectivity index (χ0n) is 9.36. The van der Waals surface area contributed by atoms with Crippen LogP contribution in [0, 0.1) is 0 Å². The van der Waals surface area contributed by atoms with Crippen molar-refractivity contribution in [2.45, 2.75) is 25.7 Å². The van der Waals surface area contributed by atoms with Crippen LogP contribution >= 0.6 is 0 Å². The molecule has 0 radical (unpaired) electrons. The van der Waals surface area contributed by atoms with Gasteiger partial charge in [-0.1, -0.05) is 43.3 Å². The molecule has 0 saturated heterocycles. The van der Waals surface area contributed by atoms with E-state index in [2.05, 4.69) is 36.4 Å². The lowest BCUT2D eigenvalue weighted by Gasteiger charge is -2.22. The molecule has 1 nitrogen and oxygen atoms in total. The first kappa shape index (κ1) is 9.59. The number of benzene rings is 2. The first-order valence-corrected chi connectivity index (χ1v) is 5.80. The average molecular weight is 210 g/mol. The number of hydrogen-bond donors (Lipinski definition) is 0. The average Bonchev–Trinajstić information content (AvgIpc) is 2.33. The van der Waals surface area contributed by atoms with E-state index in [9.17, 15) is 4.79 Å². The maximum atomic E-state index is 11.7. The number of Topliss-reactive ketones (excluding diaryl/α,β-unsaturated/α-hetero) is 1. The molecular weight excluding hydrogens is 196 g/mol. The van der Waals surface area contributed by atoms with Crippen LogP contribution in [0.2, 0.25) is 0 Å². The Labute approximate surface area is 95.1 Å². The molecule has 2 aromatic carbocycles. The molecule has 1 heteroatoms. The zero-order valence-corrected chi connectivity index (χ0v) is 9.36. The van der Waals surface area contributed by atoms with E-state index in [-0.39, 0.29) is 5.92 Å². The van der Waals surface area contributed by atoms with E-state index >= 15 is 0 Å². The predicted octanol–water partition coefficient (Wildman–Crippen LogP) is 3.46. The minimum absolute atomic E-state index is 0.0772. The lowest BCUT2D eigenvalue weighted by Crippen LogP contribution is -2.18. The highest BCUT2D eigenvalue weighted by Crippen LogP contribution is 2.33. The van der Waals surface area contributed by atoms with E-state index in [0.717, 1.165) is 6.42 Å². The third-order valence-corrected chi connectivity index (χ3v) is 3.65. The van der Waals surface area contributed by atoms with E-state index < -0.39 is 0 Å². The van der Waals surface area contributed by atoms with Crippen LogP contribution in [0.4, 0.5) is 0 Å². The Hall–Kier alpha value is -1.63. The molecule has 1 atom stereocenters. The summed E-state index contributed by atoms with van der Waals surface area (Å²) in [7, 11) is 0. The van der Waals surface area contributed by atoms with E-state index in [1.165, 1.54) is 21.9 Å². The fourth-order valence-electron chi connectivity index (χ4n) is 2.68. The van der Waals surface area contributed by atoms with Crippen LogP contribution < -0.4 is 0 Å². The Kier molecular flexibility index (Phi) is 2.06. The molecule has 0 saturated carbocycles. The van der Waals surface area contributed by atoms with Crippen molar-refractivity contribution in [3.8, 4) is 0 Å². The van der Waals surface area contributed by atoms with E-state index in [0.29, 0.717) is 12.2 Å². The number of fused-ring (bicyclic) bond motifs is 3. The van der Waals surface area contributed by atoms with Crippen molar-refractivity contribution in [3.05, 3.63) is 47.5 Å². The maximum absolute atomic E-state index is 11.7. The van der Waals surface area contributed by atoms with Gasteiger partial charge < -0.3 is 0 Å². The van der Waals surface area contributed by atoms with Gasteiger partial charge in [0.25, 0.3) is 0 Å². The number of aryl methyl sites for hydroxylation is 1. The monoisotopic (exact) mass is 210 g/mol. The van der Waals surface area contributed by atoms with Gasteiger partial charge in [-0.3, -0.25) is 4.79 Å². The maximum Gasteiger partial charge on any atom is 0.140 e. The molecule has 1 unspecified atom stereocenters. The summed E-state index contributed by atoms with van der Waals surface area (Å²) < 4.78 is 0. The summed E-state index contributed by atoms with van der Waals surface area (Å²) in [5.74, 6) is 0.455. The first-order chi connectivity index (χ1) is 7.77. The molecular formula is C15H14O. The Balaban J connectivity index is 2.31. The molecule has 0 aromatic heterocycles. The van der Waals surface area contributed by atoms with Crippen molar-refractivity contribution in [1.29, 1.82) is 0 Å². The SMILES string of the molecule is CC1C(=O)CCc2c1ccc1ccccc21. The second-order valence-electron chi connectivity index (χ2n) is 4.54. The fraction of sp³-hybridized carbons (Fsp3) is 0.267. The van der Waals surface area contributed by atoms with Gasteiger partial charge in [-0.15, -0.1) is 0 Å². The minimum atomic E-state index is 0.0772. The highest BCUT2D eigenvalue weighted by atomic mass is 16.1. The molecule has 0 bridgehead atoms. The minimum Gasteiger partial charge on any atom is -0.299 e.